The molecule has 2 aromatic heterocycles. The number of benzene rings is 2. The summed E-state index contributed by atoms with van der Waals surface area (Å²) in [5.74, 6) is 0.0509. The molecule has 0 unspecified atom stereocenters. The Morgan fingerprint density at radius 2 is 1.32 bits per heavy atom. The van der Waals surface area contributed by atoms with E-state index in [4.69, 9.17) is 9.47 Å². The van der Waals surface area contributed by atoms with E-state index in [1.54, 1.807) is 7.11 Å². The van der Waals surface area contributed by atoms with Crippen LogP contribution in [0.1, 0.15) is 46.2 Å². The molecule has 0 saturated heterocycles. The molecule has 0 radical (unpaired) electrons. The topological polar surface area (TPSA) is 110 Å². The van der Waals surface area contributed by atoms with Gasteiger partial charge in [-0.3, -0.25) is 9.78 Å². The minimum absolute atomic E-state index is 0.0619. The van der Waals surface area contributed by atoms with Gasteiger partial charge in [0.05, 0.1) is 19.9 Å². The number of nitrogens with one attached hydrogen (secondary N) is 2. The third-order valence-electron chi connectivity index (χ3n) is 6.49. The van der Waals surface area contributed by atoms with Gasteiger partial charge in [-0.1, -0.05) is 60.7 Å². The second kappa shape index (κ2) is 8.97. The lowest BCUT2D eigenvalue weighted by Crippen LogP contribution is -2.42. The molecule has 1 saturated carbocycles. The molecule has 8 heteroatoms. The van der Waals surface area contributed by atoms with Gasteiger partial charge < -0.3 is 14.5 Å². The van der Waals surface area contributed by atoms with E-state index in [2.05, 4.69) is 44.2 Å². The van der Waals surface area contributed by atoms with Crippen LogP contribution in [-0.4, -0.2) is 34.2 Å². The van der Waals surface area contributed by atoms with E-state index in [9.17, 15) is 9.59 Å². The van der Waals surface area contributed by atoms with Crippen molar-refractivity contribution < 1.29 is 9.47 Å². The molecule has 172 valence electrons. The van der Waals surface area contributed by atoms with Crippen LogP contribution >= 0.6 is 0 Å². The summed E-state index contributed by atoms with van der Waals surface area (Å²) in [6, 6.07) is 23.7. The molecule has 4 aromatic rings. The summed E-state index contributed by atoms with van der Waals surface area (Å²) in [5, 5.41) is 0. The molecule has 2 atom stereocenters. The van der Waals surface area contributed by atoms with Crippen molar-refractivity contribution in [2.45, 2.75) is 23.7 Å². The normalized spacial score (nSPS) is 21.5. The van der Waals surface area contributed by atoms with Crippen molar-refractivity contribution in [3.8, 4) is 11.9 Å². The lowest BCUT2D eigenvalue weighted by Gasteiger charge is -2.52. The molecular formula is C26H24N4O4. The molecule has 34 heavy (non-hydrogen) atoms. The smallest absolute Gasteiger partial charge is 0.325 e. The summed E-state index contributed by atoms with van der Waals surface area (Å²) >= 11 is 0. The van der Waals surface area contributed by atoms with Crippen LogP contribution in [0.5, 0.6) is 11.9 Å². The van der Waals surface area contributed by atoms with Crippen LogP contribution in [-0.2, 0) is 0 Å². The lowest BCUT2D eigenvalue weighted by atomic mass is 9.50. The number of hydrogen-bond acceptors (Lipinski definition) is 6. The van der Waals surface area contributed by atoms with Crippen LogP contribution in [0.4, 0.5) is 0 Å². The molecular weight excluding hydrogens is 432 g/mol. The lowest BCUT2D eigenvalue weighted by molar-refractivity contribution is 0.216. The van der Waals surface area contributed by atoms with Gasteiger partial charge in [0.25, 0.3) is 5.56 Å². The average Bonchev–Trinajstić information content (AvgIpc) is 2.84. The number of nitrogens with zero attached hydrogens (tertiary/aromatic N) is 2. The molecule has 1 fully saturated rings. The Morgan fingerprint density at radius 3 is 1.85 bits per heavy atom. The molecule has 0 spiro atoms. The highest BCUT2D eigenvalue weighted by Crippen LogP contribution is 2.65. The third kappa shape index (κ3) is 3.87. The van der Waals surface area contributed by atoms with Gasteiger partial charge in [-0.25, -0.2) is 4.79 Å². The second-order valence-electron chi connectivity index (χ2n) is 8.29. The fourth-order valence-electron chi connectivity index (χ4n) is 5.14. The van der Waals surface area contributed by atoms with Crippen molar-refractivity contribution in [3.63, 3.8) is 0 Å². The summed E-state index contributed by atoms with van der Waals surface area (Å²) in [6.07, 6.45) is 0. The van der Waals surface area contributed by atoms with Crippen molar-refractivity contribution in [1.82, 2.24) is 19.9 Å². The van der Waals surface area contributed by atoms with E-state index in [1.807, 2.05) is 42.5 Å². The summed E-state index contributed by atoms with van der Waals surface area (Å²) in [4.78, 5) is 38.5. The average molecular weight is 457 g/mol. The maximum Gasteiger partial charge on any atom is 0.325 e. The van der Waals surface area contributed by atoms with Gasteiger partial charge in [-0.05, 0) is 11.1 Å². The highest BCUT2D eigenvalue weighted by molar-refractivity contribution is 5.46. The first kappa shape index (κ1) is 21.6. The van der Waals surface area contributed by atoms with Crippen LogP contribution < -0.4 is 20.7 Å². The Morgan fingerprint density at radius 1 is 0.706 bits per heavy atom. The van der Waals surface area contributed by atoms with Gasteiger partial charge in [0.1, 0.15) is 0 Å². The fourth-order valence-corrected chi connectivity index (χ4v) is 5.14. The maximum atomic E-state index is 12.2. The van der Waals surface area contributed by atoms with Crippen LogP contribution in [0.25, 0.3) is 0 Å². The highest BCUT2D eigenvalue weighted by Gasteiger charge is 2.54. The van der Waals surface area contributed by atoms with Crippen LogP contribution in [0, 0.1) is 0 Å². The number of H-pyrrole nitrogens is 2. The van der Waals surface area contributed by atoms with Gasteiger partial charge in [0.2, 0.25) is 5.88 Å². The van der Waals surface area contributed by atoms with Crippen LogP contribution in [0.2, 0.25) is 0 Å². The minimum atomic E-state index is -0.519. The quantitative estimate of drug-likeness (QED) is 0.461. The first-order chi connectivity index (χ1) is 16.6. The van der Waals surface area contributed by atoms with Crippen molar-refractivity contribution in [2.24, 2.45) is 0 Å². The first-order valence-electron chi connectivity index (χ1n) is 11.0. The zero-order chi connectivity index (χ0) is 23.7. The predicted molar refractivity (Wildman–Crippen MR) is 127 cm³/mol. The van der Waals surface area contributed by atoms with Gasteiger partial charge in [-0.15, -0.1) is 0 Å². The molecule has 1 aliphatic rings. The van der Waals surface area contributed by atoms with E-state index in [0.717, 1.165) is 16.8 Å². The standard InChI is InChI=1S/C26H24N4O4/c1-33-20-14-18(28-26(30-20)34-2)24-21(15-9-5-3-6-10-15)23(17-13-19(31)29-25(32)27-17)22(24)16-11-7-4-8-12-16/h3-14,21-24H,1-2H3,(H2,27,29,31,32)/t21-,22-,23?,24?/m0/s1. The van der Waals surface area contributed by atoms with Crippen molar-refractivity contribution in [1.29, 1.82) is 0 Å². The maximum absolute atomic E-state index is 12.2. The highest BCUT2D eigenvalue weighted by atomic mass is 16.5. The van der Waals surface area contributed by atoms with Crippen LogP contribution in [0.15, 0.2) is 82.4 Å². The molecule has 2 heterocycles. The zero-order valence-electron chi connectivity index (χ0n) is 18.8. The number of methoxy groups -OCH3 is 2. The SMILES string of the molecule is COc1cc(C2[C@@H](c3ccccc3)C(c3cc(=O)[nH]c(=O)[nH]3)[C@@H]2c2ccccc2)nc(OC)n1. The van der Waals surface area contributed by atoms with Gasteiger partial charge in [0, 0.05) is 41.5 Å². The third-order valence-corrected chi connectivity index (χ3v) is 6.49. The molecule has 2 N–H and O–H groups in total. The largest absolute Gasteiger partial charge is 0.481 e. The number of rotatable bonds is 6. The summed E-state index contributed by atoms with van der Waals surface area (Å²) in [5.41, 5.74) is 2.60. The minimum Gasteiger partial charge on any atom is -0.481 e. The molecule has 0 amide bonds. The molecule has 2 aromatic carbocycles. The molecule has 8 nitrogen and oxygen atoms in total. The zero-order valence-corrected chi connectivity index (χ0v) is 18.8. The first-order valence-corrected chi connectivity index (χ1v) is 11.0. The molecule has 5 rings (SSSR count). The van der Waals surface area contributed by atoms with E-state index >= 15 is 0 Å². The number of aromatic amines is 2. The molecule has 0 bridgehead atoms. The van der Waals surface area contributed by atoms with E-state index in [0.29, 0.717) is 11.6 Å². The molecule has 1 aliphatic carbocycles. The van der Waals surface area contributed by atoms with Gasteiger partial charge in [0.15, 0.2) is 0 Å². The van der Waals surface area contributed by atoms with Crippen molar-refractivity contribution in [3.05, 3.63) is 116 Å². The van der Waals surface area contributed by atoms with E-state index in [1.165, 1.54) is 13.2 Å². The fraction of sp³-hybridized carbons (Fsp3) is 0.231. The summed E-state index contributed by atoms with van der Waals surface area (Å²) in [6.45, 7) is 0. The van der Waals surface area contributed by atoms with Crippen molar-refractivity contribution in [2.75, 3.05) is 14.2 Å². The van der Waals surface area contributed by atoms with Gasteiger partial charge >= 0.3 is 11.7 Å². The van der Waals surface area contributed by atoms with E-state index in [-0.39, 0.29) is 29.7 Å². The van der Waals surface area contributed by atoms with Crippen molar-refractivity contribution >= 4 is 0 Å². The van der Waals surface area contributed by atoms with Gasteiger partial charge in [-0.2, -0.15) is 9.97 Å². The Hall–Kier alpha value is -4.20. The van der Waals surface area contributed by atoms with Crippen LogP contribution in [0.3, 0.4) is 0 Å². The Balaban J connectivity index is 1.74. The summed E-state index contributed by atoms with van der Waals surface area (Å²) < 4.78 is 10.8. The second-order valence-corrected chi connectivity index (χ2v) is 8.29. The number of aromatic nitrogens is 4. The monoisotopic (exact) mass is 456 g/mol. The van der Waals surface area contributed by atoms with E-state index < -0.39 is 11.2 Å². The Kier molecular flexibility index (Phi) is 5.71. The predicted octanol–water partition coefficient (Wildman–Crippen LogP) is 3.32. The Labute approximate surface area is 195 Å². The number of hydrogen-bond donors (Lipinski definition) is 2. The summed E-state index contributed by atoms with van der Waals surface area (Å²) in [7, 11) is 3.08. The number of ether oxygens (including phenoxy) is 2. The Bertz CT molecular complexity index is 1300. The molecule has 0 aliphatic heterocycles.